The van der Waals surface area contributed by atoms with Crippen molar-refractivity contribution in [3.8, 4) is 0 Å². The first-order valence-electron chi connectivity index (χ1n) is 6.21. The van der Waals surface area contributed by atoms with Crippen LogP contribution in [0.4, 0.5) is 11.7 Å². The molecule has 0 atom stereocenters. The van der Waals surface area contributed by atoms with E-state index in [0.29, 0.717) is 11.7 Å². The Hall–Kier alpha value is -1.71. The molecule has 0 aliphatic heterocycles. The highest BCUT2D eigenvalue weighted by Crippen LogP contribution is 2.29. The molecule has 1 aliphatic rings. The van der Waals surface area contributed by atoms with Crippen molar-refractivity contribution in [2.24, 2.45) is 5.92 Å². The number of nitrogen functional groups attached to an aromatic ring is 1. The van der Waals surface area contributed by atoms with Gasteiger partial charge >= 0.3 is 0 Å². The lowest BCUT2D eigenvalue weighted by Crippen LogP contribution is -2.15. The van der Waals surface area contributed by atoms with E-state index in [1.807, 2.05) is 12.1 Å². The lowest BCUT2D eigenvalue weighted by molar-refractivity contribution is 0.302. The molecule has 0 spiro atoms. The van der Waals surface area contributed by atoms with Gasteiger partial charge in [0, 0.05) is 18.3 Å². The van der Waals surface area contributed by atoms with Crippen LogP contribution in [0.2, 0.25) is 0 Å². The molecule has 1 aromatic carbocycles. The van der Waals surface area contributed by atoms with Crippen LogP contribution in [0.5, 0.6) is 0 Å². The third kappa shape index (κ3) is 2.20. The molecule has 1 aromatic heterocycles. The molecule has 0 amide bonds. The summed E-state index contributed by atoms with van der Waals surface area (Å²) in [5.74, 6) is 0.905. The second-order valence-electron chi connectivity index (χ2n) is 4.76. The van der Waals surface area contributed by atoms with Gasteiger partial charge in [0.2, 0.25) is 0 Å². The Morgan fingerprint density at radius 1 is 1.41 bits per heavy atom. The highest BCUT2D eigenvalue weighted by Gasteiger charge is 2.16. The van der Waals surface area contributed by atoms with E-state index in [2.05, 4.69) is 10.3 Å². The minimum Gasteiger partial charge on any atom is -0.423 e. The molecule has 3 N–H and O–H groups in total. The summed E-state index contributed by atoms with van der Waals surface area (Å²) in [5.41, 5.74) is 7.99. The molecule has 4 nitrogen and oxygen atoms in total. The first-order valence-corrected chi connectivity index (χ1v) is 6.21. The van der Waals surface area contributed by atoms with Crippen LogP contribution in [0.1, 0.15) is 25.7 Å². The number of hydrogen-bond acceptors (Lipinski definition) is 4. The van der Waals surface area contributed by atoms with Gasteiger partial charge in [-0.15, -0.1) is 0 Å². The fraction of sp³-hybridized carbons (Fsp3) is 0.462. The van der Waals surface area contributed by atoms with E-state index in [1.54, 1.807) is 6.07 Å². The molecule has 0 radical (unpaired) electrons. The van der Waals surface area contributed by atoms with Crippen molar-refractivity contribution in [2.45, 2.75) is 25.7 Å². The Kier molecular flexibility index (Phi) is 2.63. The predicted molar refractivity (Wildman–Crippen MR) is 68.9 cm³/mol. The van der Waals surface area contributed by atoms with Crippen molar-refractivity contribution < 1.29 is 4.42 Å². The van der Waals surface area contributed by atoms with Crippen LogP contribution in [-0.4, -0.2) is 11.5 Å². The maximum atomic E-state index is 5.69. The molecule has 1 saturated carbocycles. The Balaban J connectivity index is 1.64. The second kappa shape index (κ2) is 4.28. The summed E-state index contributed by atoms with van der Waals surface area (Å²) in [4.78, 5) is 4.36. The molecule has 17 heavy (non-hydrogen) atoms. The van der Waals surface area contributed by atoms with Crippen LogP contribution in [0, 0.1) is 5.92 Å². The van der Waals surface area contributed by atoms with Crippen molar-refractivity contribution in [1.82, 2.24) is 4.98 Å². The van der Waals surface area contributed by atoms with Crippen LogP contribution < -0.4 is 11.1 Å². The van der Waals surface area contributed by atoms with Gasteiger partial charge < -0.3 is 15.5 Å². The molecular formula is C13H17N3O. The van der Waals surface area contributed by atoms with Crippen molar-refractivity contribution in [1.29, 1.82) is 0 Å². The topological polar surface area (TPSA) is 64.1 Å². The van der Waals surface area contributed by atoms with Gasteiger partial charge in [-0.25, -0.2) is 0 Å². The Labute approximate surface area is 100 Å². The van der Waals surface area contributed by atoms with E-state index in [9.17, 15) is 0 Å². The summed E-state index contributed by atoms with van der Waals surface area (Å²) in [6, 6.07) is 6.12. The SMILES string of the molecule is Nc1ccc2nc(NCCC3CCC3)oc2c1. The number of anilines is 2. The van der Waals surface area contributed by atoms with Gasteiger partial charge in [0.1, 0.15) is 5.52 Å². The Morgan fingerprint density at radius 3 is 3.06 bits per heavy atom. The summed E-state index contributed by atoms with van der Waals surface area (Å²) in [6.07, 6.45) is 5.37. The Morgan fingerprint density at radius 2 is 2.29 bits per heavy atom. The van der Waals surface area contributed by atoms with Crippen LogP contribution >= 0.6 is 0 Å². The van der Waals surface area contributed by atoms with E-state index >= 15 is 0 Å². The van der Waals surface area contributed by atoms with Gasteiger partial charge in [-0.05, 0) is 24.5 Å². The number of benzene rings is 1. The molecule has 0 unspecified atom stereocenters. The van der Waals surface area contributed by atoms with E-state index in [1.165, 1.54) is 25.7 Å². The molecule has 3 rings (SSSR count). The van der Waals surface area contributed by atoms with Gasteiger partial charge in [-0.1, -0.05) is 19.3 Å². The first kappa shape index (κ1) is 10.4. The van der Waals surface area contributed by atoms with Crippen molar-refractivity contribution in [3.63, 3.8) is 0 Å². The molecule has 1 fully saturated rings. The highest BCUT2D eigenvalue weighted by molar-refractivity contribution is 5.77. The zero-order valence-electron chi connectivity index (χ0n) is 9.78. The number of rotatable bonds is 4. The highest BCUT2D eigenvalue weighted by atomic mass is 16.4. The van der Waals surface area contributed by atoms with Crippen LogP contribution in [-0.2, 0) is 0 Å². The second-order valence-corrected chi connectivity index (χ2v) is 4.76. The van der Waals surface area contributed by atoms with Gasteiger partial charge in [-0.3, -0.25) is 0 Å². The van der Waals surface area contributed by atoms with E-state index in [0.717, 1.165) is 23.6 Å². The van der Waals surface area contributed by atoms with E-state index in [4.69, 9.17) is 10.2 Å². The molecule has 1 aliphatic carbocycles. The fourth-order valence-electron chi connectivity index (χ4n) is 2.18. The number of nitrogens with one attached hydrogen (secondary N) is 1. The number of hydrogen-bond donors (Lipinski definition) is 2. The van der Waals surface area contributed by atoms with Crippen molar-refractivity contribution in [2.75, 3.05) is 17.6 Å². The van der Waals surface area contributed by atoms with E-state index in [-0.39, 0.29) is 0 Å². The average Bonchev–Trinajstić information content (AvgIpc) is 2.63. The summed E-state index contributed by atoms with van der Waals surface area (Å²) >= 11 is 0. The van der Waals surface area contributed by atoms with Gasteiger partial charge in [0.25, 0.3) is 6.01 Å². The first-order chi connectivity index (χ1) is 8.31. The quantitative estimate of drug-likeness (QED) is 0.794. The van der Waals surface area contributed by atoms with Crippen LogP contribution in [0.25, 0.3) is 11.1 Å². The smallest absolute Gasteiger partial charge is 0.295 e. The third-order valence-corrected chi connectivity index (χ3v) is 3.47. The zero-order chi connectivity index (χ0) is 11.7. The minimum atomic E-state index is 0.602. The average molecular weight is 231 g/mol. The summed E-state index contributed by atoms with van der Waals surface area (Å²) in [6.45, 7) is 0.937. The zero-order valence-corrected chi connectivity index (χ0v) is 9.78. The monoisotopic (exact) mass is 231 g/mol. The maximum absolute atomic E-state index is 5.69. The molecular weight excluding hydrogens is 214 g/mol. The summed E-state index contributed by atoms with van der Waals surface area (Å²) in [5, 5.41) is 3.23. The number of nitrogens with zero attached hydrogens (tertiary/aromatic N) is 1. The molecule has 4 heteroatoms. The molecule has 0 bridgehead atoms. The lowest BCUT2D eigenvalue weighted by Gasteiger charge is -2.24. The Bertz CT molecular complexity index is 516. The molecule has 2 aromatic rings. The summed E-state index contributed by atoms with van der Waals surface area (Å²) < 4.78 is 5.58. The number of nitrogens with two attached hydrogens (primary N) is 1. The number of fused-ring (bicyclic) bond motifs is 1. The molecule has 0 saturated heterocycles. The van der Waals surface area contributed by atoms with Gasteiger partial charge in [0.05, 0.1) is 0 Å². The van der Waals surface area contributed by atoms with Crippen molar-refractivity contribution >= 4 is 22.8 Å². The largest absolute Gasteiger partial charge is 0.423 e. The van der Waals surface area contributed by atoms with Crippen molar-refractivity contribution in [3.05, 3.63) is 18.2 Å². The predicted octanol–water partition coefficient (Wildman–Crippen LogP) is 3.01. The lowest BCUT2D eigenvalue weighted by atomic mass is 9.83. The minimum absolute atomic E-state index is 0.602. The standard InChI is InChI=1S/C13H17N3O/c14-10-4-5-11-12(8-10)17-13(16-11)15-7-6-9-2-1-3-9/h4-5,8-9H,1-3,6-7,14H2,(H,15,16). The maximum Gasteiger partial charge on any atom is 0.295 e. The van der Waals surface area contributed by atoms with Crippen LogP contribution in [0.15, 0.2) is 22.6 Å². The molecule has 1 heterocycles. The fourth-order valence-corrected chi connectivity index (χ4v) is 2.18. The van der Waals surface area contributed by atoms with E-state index < -0.39 is 0 Å². The number of aromatic nitrogens is 1. The number of oxazole rings is 1. The normalized spacial score (nSPS) is 16.0. The van der Waals surface area contributed by atoms with Gasteiger partial charge in [-0.2, -0.15) is 4.98 Å². The van der Waals surface area contributed by atoms with Gasteiger partial charge in [0.15, 0.2) is 5.58 Å². The summed E-state index contributed by atoms with van der Waals surface area (Å²) in [7, 11) is 0. The van der Waals surface area contributed by atoms with Crippen LogP contribution in [0.3, 0.4) is 0 Å². The third-order valence-electron chi connectivity index (χ3n) is 3.47. The molecule has 90 valence electrons.